The lowest BCUT2D eigenvalue weighted by atomic mass is 9.81. The fraction of sp³-hybridized carbons (Fsp3) is 1.00. The Bertz CT molecular complexity index is 239. The summed E-state index contributed by atoms with van der Waals surface area (Å²) in [5, 5.41) is 0. The summed E-state index contributed by atoms with van der Waals surface area (Å²) in [6.07, 6.45) is 2.30. The summed E-state index contributed by atoms with van der Waals surface area (Å²) in [6.45, 7) is 8.91. The van der Waals surface area contributed by atoms with Crippen LogP contribution in [-0.2, 0) is 18.3 Å². The second kappa shape index (κ2) is 7.00. The maximum absolute atomic E-state index is 6.01. The molecule has 0 bridgehead atoms. The van der Waals surface area contributed by atoms with Gasteiger partial charge in [-0.15, -0.1) is 0 Å². The monoisotopic (exact) mass is 276 g/mol. The van der Waals surface area contributed by atoms with E-state index in [4.69, 9.17) is 18.3 Å². The predicted molar refractivity (Wildman–Crippen MR) is 74.0 cm³/mol. The van der Waals surface area contributed by atoms with Crippen molar-refractivity contribution in [3.05, 3.63) is 0 Å². The van der Waals surface area contributed by atoms with Gasteiger partial charge in [0, 0.05) is 26.2 Å². The minimum absolute atomic E-state index is 0.173. The zero-order valence-corrected chi connectivity index (χ0v) is 13.5. The van der Waals surface area contributed by atoms with Crippen LogP contribution in [0.3, 0.4) is 0 Å². The predicted octanol–water partition coefficient (Wildman–Crippen LogP) is 2.57. The van der Waals surface area contributed by atoms with Gasteiger partial charge in [0.1, 0.15) is 0 Å². The Morgan fingerprint density at radius 1 is 1.28 bits per heavy atom. The highest BCUT2D eigenvalue weighted by Gasteiger charge is 2.43. The first-order valence-electron chi connectivity index (χ1n) is 6.79. The van der Waals surface area contributed by atoms with Crippen molar-refractivity contribution in [1.29, 1.82) is 0 Å². The minimum Gasteiger partial charge on any atom is -0.398 e. The van der Waals surface area contributed by atoms with Crippen molar-refractivity contribution in [3.8, 4) is 0 Å². The Morgan fingerprint density at radius 2 is 1.89 bits per heavy atom. The van der Waals surface area contributed by atoms with Crippen LogP contribution in [0.25, 0.3) is 0 Å². The third-order valence-corrected chi connectivity index (χ3v) is 6.81. The summed E-state index contributed by atoms with van der Waals surface area (Å²) in [7, 11) is 1.50. The zero-order chi connectivity index (χ0) is 13.6. The summed E-state index contributed by atoms with van der Waals surface area (Å²) < 4.78 is 22.4. The Morgan fingerprint density at radius 3 is 2.28 bits per heavy atom. The Kier molecular flexibility index (Phi) is 6.27. The van der Waals surface area contributed by atoms with Gasteiger partial charge in [-0.05, 0) is 25.4 Å². The summed E-state index contributed by atoms with van der Waals surface area (Å²) in [4.78, 5) is 0. The van der Waals surface area contributed by atoms with E-state index in [1.54, 1.807) is 14.2 Å². The molecule has 0 aromatic heterocycles. The van der Waals surface area contributed by atoms with Gasteiger partial charge >= 0.3 is 8.56 Å². The molecule has 1 saturated heterocycles. The second-order valence-electron chi connectivity index (χ2n) is 5.59. The quantitative estimate of drug-likeness (QED) is 0.607. The minimum atomic E-state index is -1.99. The largest absolute Gasteiger partial charge is 0.398 e. The van der Waals surface area contributed by atoms with Crippen LogP contribution in [0, 0.1) is 5.41 Å². The van der Waals surface area contributed by atoms with Gasteiger partial charge in [0.25, 0.3) is 0 Å². The molecular weight excluding hydrogens is 248 g/mol. The summed E-state index contributed by atoms with van der Waals surface area (Å²) in [5.41, 5.74) is 0.173. The molecule has 108 valence electrons. The summed E-state index contributed by atoms with van der Waals surface area (Å²) in [5.74, 6) is 0. The molecule has 5 heteroatoms. The highest BCUT2D eigenvalue weighted by molar-refractivity contribution is 6.65. The normalized spacial score (nSPS) is 20.5. The van der Waals surface area contributed by atoms with Crippen LogP contribution in [0.1, 0.15) is 26.7 Å². The van der Waals surface area contributed by atoms with Gasteiger partial charge in [0.05, 0.1) is 19.3 Å². The third kappa shape index (κ3) is 4.03. The maximum atomic E-state index is 6.01. The fourth-order valence-electron chi connectivity index (χ4n) is 2.18. The van der Waals surface area contributed by atoms with Crippen LogP contribution in [0.2, 0.25) is 12.6 Å². The average molecular weight is 276 g/mol. The summed E-state index contributed by atoms with van der Waals surface area (Å²) >= 11 is 0. The van der Waals surface area contributed by atoms with Crippen molar-refractivity contribution >= 4 is 8.56 Å². The lowest BCUT2D eigenvalue weighted by Crippen LogP contribution is -2.51. The van der Waals surface area contributed by atoms with Crippen molar-refractivity contribution in [1.82, 2.24) is 0 Å². The number of rotatable bonds is 9. The molecular formula is C13H28O4Si. The van der Waals surface area contributed by atoms with Gasteiger partial charge in [0.15, 0.2) is 0 Å². The molecule has 0 amide bonds. The molecule has 1 fully saturated rings. The van der Waals surface area contributed by atoms with Gasteiger partial charge in [0.2, 0.25) is 0 Å². The smallest absolute Gasteiger partial charge is 0.334 e. The van der Waals surface area contributed by atoms with E-state index < -0.39 is 8.56 Å². The Labute approximate surface area is 112 Å². The van der Waals surface area contributed by atoms with Gasteiger partial charge in [-0.25, -0.2) is 0 Å². The molecule has 0 radical (unpaired) electrons. The van der Waals surface area contributed by atoms with Crippen molar-refractivity contribution in [2.45, 2.75) is 45.4 Å². The van der Waals surface area contributed by atoms with Crippen LogP contribution in [-0.4, -0.2) is 48.7 Å². The first kappa shape index (κ1) is 16.1. The van der Waals surface area contributed by atoms with Crippen LogP contribution in [0.15, 0.2) is 0 Å². The summed E-state index contributed by atoms with van der Waals surface area (Å²) in [6, 6.07) is 0.962. The molecule has 0 saturated carbocycles. The topological polar surface area (TPSA) is 36.9 Å². The molecule has 0 aromatic carbocycles. The SMILES string of the molecule is CCCOC(CC[Si](C)(OC)OC)C1(C)COC1. The standard InChI is InChI=1S/C13H28O4Si/c1-6-8-17-12(13(2)10-16-11-13)7-9-18(5,14-3)15-4/h12H,6-11H2,1-5H3. The molecule has 0 spiro atoms. The molecule has 1 unspecified atom stereocenters. The van der Waals surface area contributed by atoms with E-state index in [1.165, 1.54) is 0 Å². The van der Waals surface area contributed by atoms with Crippen molar-refractivity contribution < 1.29 is 18.3 Å². The molecule has 1 heterocycles. The lowest BCUT2D eigenvalue weighted by Gasteiger charge is -2.44. The van der Waals surface area contributed by atoms with Crippen LogP contribution < -0.4 is 0 Å². The van der Waals surface area contributed by atoms with Crippen LogP contribution >= 0.6 is 0 Å². The van der Waals surface area contributed by atoms with E-state index in [0.29, 0.717) is 0 Å². The second-order valence-corrected chi connectivity index (χ2v) is 9.17. The molecule has 0 N–H and O–H groups in total. The molecule has 1 aliphatic heterocycles. The van der Waals surface area contributed by atoms with E-state index in [9.17, 15) is 0 Å². The lowest BCUT2D eigenvalue weighted by molar-refractivity contribution is -0.178. The molecule has 4 nitrogen and oxygen atoms in total. The zero-order valence-electron chi connectivity index (χ0n) is 12.5. The molecule has 1 atom stereocenters. The Hall–Kier alpha value is 0.0569. The highest BCUT2D eigenvalue weighted by Crippen LogP contribution is 2.36. The number of ether oxygens (including phenoxy) is 2. The van der Waals surface area contributed by atoms with Crippen LogP contribution in [0.4, 0.5) is 0 Å². The van der Waals surface area contributed by atoms with Crippen molar-refractivity contribution in [3.63, 3.8) is 0 Å². The first-order chi connectivity index (χ1) is 8.49. The molecule has 0 aromatic rings. The fourth-order valence-corrected chi connectivity index (χ4v) is 3.55. The van der Waals surface area contributed by atoms with E-state index in [2.05, 4.69) is 20.4 Å². The van der Waals surface area contributed by atoms with E-state index in [1.807, 2.05) is 0 Å². The van der Waals surface area contributed by atoms with E-state index >= 15 is 0 Å². The third-order valence-electron chi connectivity index (χ3n) is 3.89. The first-order valence-corrected chi connectivity index (χ1v) is 9.31. The van der Waals surface area contributed by atoms with Gasteiger partial charge in [-0.3, -0.25) is 0 Å². The number of hydrogen-bond acceptors (Lipinski definition) is 4. The van der Waals surface area contributed by atoms with Gasteiger partial charge in [-0.1, -0.05) is 13.8 Å². The molecule has 0 aliphatic carbocycles. The van der Waals surface area contributed by atoms with E-state index in [0.717, 1.165) is 38.7 Å². The van der Waals surface area contributed by atoms with Gasteiger partial charge in [-0.2, -0.15) is 0 Å². The molecule has 1 aliphatic rings. The maximum Gasteiger partial charge on any atom is 0.334 e. The van der Waals surface area contributed by atoms with Crippen LogP contribution in [0.5, 0.6) is 0 Å². The average Bonchev–Trinajstić information content (AvgIpc) is 2.36. The van der Waals surface area contributed by atoms with Crippen molar-refractivity contribution in [2.24, 2.45) is 5.41 Å². The number of hydrogen-bond donors (Lipinski definition) is 0. The molecule has 1 rings (SSSR count). The van der Waals surface area contributed by atoms with Crippen molar-refractivity contribution in [2.75, 3.05) is 34.0 Å². The Balaban J connectivity index is 2.50. The molecule has 18 heavy (non-hydrogen) atoms. The van der Waals surface area contributed by atoms with Gasteiger partial charge < -0.3 is 18.3 Å². The highest BCUT2D eigenvalue weighted by atomic mass is 28.4. The van der Waals surface area contributed by atoms with E-state index in [-0.39, 0.29) is 11.5 Å².